The standard InChI is InChI=1S/C9H15N3OS2/c1-6-10-9(15-12-6)14-5-8(4-13)11-7-2-3-7/h7-8,11,13H,2-5H2,1H3. The first kappa shape index (κ1) is 11.3. The minimum atomic E-state index is 0.187. The van der Waals surface area contributed by atoms with Gasteiger partial charge in [-0.25, -0.2) is 4.98 Å². The van der Waals surface area contributed by atoms with Gasteiger partial charge in [-0.05, 0) is 31.3 Å². The van der Waals surface area contributed by atoms with Crippen molar-refractivity contribution in [2.75, 3.05) is 12.4 Å². The molecule has 1 aromatic rings. The molecule has 1 aliphatic rings. The van der Waals surface area contributed by atoms with Gasteiger partial charge in [-0.1, -0.05) is 11.8 Å². The van der Waals surface area contributed by atoms with E-state index in [2.05, 4.69) is 14.7 Å². The zero-order chi connectivity index (χ0) is 10.7. The van der Waals surface area contributed by atoms with E-state index in [1.807, 2.05) is 6.92 Å². The average Bonchev–Trinajstić information content (AvgIpc) is 2.95. The van der Waals surface area contributed by atoms with Crippen molar-refractivity contribution in [1.82, 2.24) is 14.7 Å². The first-order valence-corrected chi connectivity index (χ1v) is 6.84. The Labute approximate surface area is 97.7 Å². The van der Waals surface area contributed by atoms with Crippen LogP contribution in [0.3, 0.4) is 0 Å². The number of hydrogen-bond donors (Lipinski definition) is 2. The number of thioether (sulfide) groups is 1. The largest absolute Gasteiger partial charge is 0.395 e. The molecule has 1 unspecified atom stereocenters. The number of nitrogens with one attached hydrogen (secondary N) is 1. The molecule has 0 bridgehead atoms. The van der Waals surface area contributed by atoms with Crippen molar-refractivity contribution >= 4 is 23.3 Å². The number of aromatic nitrogens is 2. The molecule has 84 valence electrons. The number of aryl methyl sites for hydroxylation is 1. The van der Waals surface area contributed by atoms with Crippen LogP contribution < -0.4 is 5.32 Å². The Morgan fingerprint density at radius 3 is 3.00 bits per heavy atom. The van der Waals surface area contributed by atoms with Crippen LogP contribution in [0.5, 0.6) is 0 Å². The summed E-state index contributed by atoms with van der Waals surface area (Å²) in [6.45, 7) is 2.09. The molecule has 1 saturated carbocycles. The topological polar surface area (TPSA) is 58.0 Å². The summed E-state index contributed by atoms with van der Waals surface area (Å²) in [4.78, 5) is 4.27. The molecular weight excluding hydrogens is 230 g/mol. The summed E-state index contributed by atoms with van der Waals surface area (Å²) in [6.07, 6.45) is 2.50. The number of aliphatic hydroxyl groups excluding tert-OH is 1. The fourth-order valence-electron chi connectivity index (χ4n) is 1.25. The van der Waals surface area contributed by atoms with E-state index >= 15 is 0 Å². The second kappa shape index (κ2) is 5.25. The quantitative estimate of drug-likeness (QED) is 0.734. The molecule has 0 aliphatic heterocycles. The second-order valence-electron chi connectivity index (χ2n) is 3.74. The Morgan fingerprint density at radius 2 is 2.47 bits per heavy atom. The van der Waals surface area contributed by atoms with E-state index in [1.165, 1.54) is 24.4 Å². The van der Waals surface area contributed by atoms with Gasteiger partial charge in [0.05, 0.1) is 6.61 Å². The van der Waals surface area contributed by atoms with Crippen LogP contribution in [0.1, 0.15) is 18.7 Å². The SMILES string of the molecule is Cc1nsc(SCC(CO)NC2CC2)n1. The molecule has 0 saturated heterocycles. The van der Waals surface area contributed by atoms with Gasteiger partial charge in [-0.3, -0.25) is 0 Å². The van der Waals surface area contributed by atoms with E-state index < -0.39 is 0 Å². The molecule has 0 aromatic carbocycles. The first-order valence-electron chi connectivity index (χ1n) is 5.08. The Hall–Kier alpha value is -0.170. The first-order chi connectivity index (χ1) is 7.28. The van der Waals surface area contributed by atoms with Gasteiger partial charge >= 0.3 is 0 Å². The van der Waals surface area contributed by atoms with Crippen LogP contribution in [0, 0.1) is 6.92 Å². The molecular formula is C9H15N3OS2. The van der Waals surface area contributed by atoms with Crippen molar-refractivity contribution in [1.29, 1.82) is 0 Å². The van der Waals surface area contributed by atoms with Crippen LogP contribution in [-0.4, -0.2) is 38.9 Å². The van der Waals surface area contributed by atoms with Gasteiger partial charge in [0.1, 0.15) is 5.82 Å². The minimum absolute atomic E-state index is 0.187. The van der Waals surface area contributed by atoms with Gasteiger partial charge in [0.2, 0.25) is 0 Å². The van der Waals surface area contributed by atoms with Crippen LogP contribution in [0.4, 0.5) is 0 Å². The van der Waals surface area contributed by atoms with Crippen LogP contribution in [0.15, 0.2) is 4.34 Å². The molecule has 6 heteroatoms. The molecule has 1 heterocycles. The Kier molecular flexibility index (Phi) is 3.96. The van der Waals surface area contributed by atoms with E-state index in [0.717, 1.165) is 15.9 Å². The van der Waals surface area contributed by atoms with Crippen molar-refractivity contribution in [3.8, 4) is 0 Å². The molecule has 4 nitrogen and oxygen atoms in total. The van der Waals surface area contributed by atoms with Gasteiger partial charge in [0, 0.05) is 17.8 Å². The van der Waals surface area contributed by atoms with Crippen LogP contribution in [-0.2, 0) is 0 Å². The molecule has 2 N–H and O–H groups in total. The molecule has 1 aromatic heterocycles. The van der Waals surface area contributed by atoms with E-state index in [9.17, 15) is 5.11 Å². The third kappa shape index (κ3) is 3.71. The maximum Gasteiger partial charge on any atom is 0.170 e. The van der Waals surface area contributed by atoms with Gasteiger partial charge in [0.25, 0.3) is 0 Å². The molecule has 1 aliphatic carbocycles. The minimum Gasteiger partial charge on any atom is -0.395 e. The summed E-state index contributed by atoms with van der Waals surface area (Å²) in [5, 5.41) is 12.6. The van der Waals surface area contributed by atoms with E-state index in [1.54, 1.807) is 11.8 Å². The highest BCUT2D eigenvalue weighted by molar-refractivity contribution is 8.00. The number of aliphatic hydroxyl groups is 1. The molecule has 0 amide bonds. The molecule has 0 spiro atoms. The van der Waals surface area contributed by atoms with Crippen molar-refractivity contribution in [2.45, 2.75) is 36.2 Å². The highest BCUT2D eigenvalue weighted by Gasteiger charge is 2.24. The van der Waals surface area contributed by atoms with Crippen LogP contribution in [0.2, 0.25) is 0 Å². The molecule has 0 radical (unpaired) electrons. The number of rotatable bonds is 6. The van der Waals surface area contributed by atoms with Crippen LogP contribution in [0.25, 0.3) is 0 Å². The van der Waals surface area contributed by atoms with E-state index in [4.69, 9.17) is 0 Å². The lowest BCUT2D eigenvalue weighted by molar-refractivity contribution is 0.253. The maximum absolute atomic E-state index is 9.18. The van der Waals surface area contributed by atoms with Crippen LogP contribution >= 0.6 is 23.3 Å². The van der Waals surface area contributed by atoms with Gasteiger partial charge in [-0.2, -0.15) is 4.37 Å². The summed E-state index contributed by atoms with van der Waals surface area (Å²) >= 11 is 3.10. The highest BCUT2D eigenvalue weighted by Crippen LogP contribution is 2.23. The summed E-state index contributed by atoms with van der Waals surface area (Å²) in [6, 6.07) is 0.825. The van der Waals surface area contributed by atoms with Crippen molar-refractivity contribution in [3.05, 3.63) is 5.82 Å². The second-order valence-corrected chi connectivity index (χ2v) is 5.76. The lowest BCUT2D eigenvalue weighted by Gasteiger charge is -2.13. The third-order valence-corrected chi connectivity index (χ3v) is 4.27. The predicted octanol–water partition coefficient (Wildman–Crippen LogP) is 1.05. The van der Waals surface area contributed by atoms with E-state index in [-0.39, 0.29) is 12.6 Å². The zero-order valence-corrected chi connectivity index (χ0v) is 10.3. The average molecular weight is 245 g/mol. The normalized spacial score (nSPS) is 18.0. The fourth-order valence-corrected chi connectivity index (χ4v) is 2.94. The number of nitrogens with zero attached hydrogens (tertiary/aromatic N) is 2. The third-order valence-electron chi connectivity index (χ3n) is 2.19. The van der Waals surface area contributed by atoms with Gasteiger partial charge in [0.15, 0.2) is 4.34 Å². The Morgan fingerprint density at radius 1 is 1.67 bits per heavy atom. The summed E-state index contributed by atoms with van der Waals surface area (Å²) in [5.41, 5.74) is 0. The summed E-state index contributed by atoms with van der Waals surface area (Å²) in [5.74, 6) is 1.69. The summed E-state index contributed by atoms with van der Waals surface area (Å²) in [7, 11) is 0. The van der Waals surface area contributed by atoms with Crippen molar-refractivity contribution < 1.29 is 5.11 Å². The smallest absolute Gasteiger partial charge is 0.170 e. The maximum atomic E-state index is 9.18. The molecule has 1 atom stereocenters. The highest BCUT2D eigenvalue weighted by atomic mass is 32.2. The monoisotopic (exact) mass is 245 g/mol. The van der Waals surface area contributed by atoms with Crippen molar-refractivity contribution in [3.63, 3.8) is 0 Å². The van der Waals surface area contributed by atoms with Crippen molar-refractivity contribution in [2.24, 2.45) is 0 Å². The summed E-state index contributed by atoms with van der Waals surface area (Å²) < 4.78 is 5.11. The lowest BCUT2D eigenvalue weighted by atomic mass is 10.3. The van der Waals surface area contributed by atoms with Gasteiger partial charge in [-0.15, -0.1) is 0 Å². The fraction of sp³-hybridized carbons (Fsp3) is 0.778. The Balaban J connectivity index is 1.74. The zero-order valence-electron chi connectivity index (χ0n) is 8.64. The van der Waals surface area contributed by atoms with Gasteiger partial charge < -0.3 is 10.4 Å². The molecule has 2 rings (SSSR count). The number of hydrogen-bond acceptors (Lipinski definition) is 6. The predicted molar refractivity (Wildman–Crippen MR) is 62.4 cm³/mol. The van der Waals surface area contributed by atoms with E-state index in [0.29, 0.717) is 6.04 Å². The molecule has 15 heavy (non-hydrogen) atoms. The molecule has 1 fully saturated rings. The Bertz CT molecular complexity index is 314. The lowest BCUT2D eigenvalue weighted by Crippen LogP contribution is -2.36.